The van der Waals surface area contributed by atoms with Crippen molar-refractivity contribution in [3.8, 4) is 0 Å². The van der Waals surface area contributed by atoms with Gasteiger partial charge in [0, 0.05) is 17.4 Å². The van der Waals surface area contributed by atoms with Crippen LogP contribution in [0.25, 0.3) is 0 Å². The second-order valence-corrected chi connectivity index (χ2v) is 11.3. The topological polar surface area (TPSA) is 38.8 Å². The Morgan fingerprint density at radius 3 is 1.71 bits per heavy atom. The number of halogens is 1. The van der Waals surface area contributed by atoms with Crippen LogP contribution in [0.2, 0.25) is 26.2 Å². The number of hydrogen-bond acceptors (Lipinski definition) is 4. The molecule has 0 unspecified atom stereocenters. The van der Waals surface area contributed by atoms with Gasteiger partial charge in [0.15, 0.2) is 18.1 Å². The molecular weight excluding hydrogens is 402 g/mol. The summed E-state index contributed by atoms with van der Waals surface area (Å²) >= 11 is 3.13. The fourth-order valence-corrected chi connectivity index (χ4v) is 5.34. The molecule has 0 rings (SSSR count). The fraction of sp³-hybridized carbons (Fsp3) is 0.706. The van der Waals surface area contributed by atoms with Crippen LogP contribution in [-0.4, -0.2) is 61.5 Å². The zero-order chi connectivity index (χ0) is 18.1. The van der Waals surface area contributed by atoms with Crippen molar-refractivity contribution in [3.05, 3.63) is 24.8 Å². The summed E-state index contributed by atoms with van der Waals surface area (Å²) < 4.78 is 10.4. The van der Waals surface area contributed by atoms with Gasteiger partial charge in [-0.15, -0.1) is 6.58 Å². The molecule has 0 amide bonds. The van der Waals surface area contributed by atoms with Crippen LogP contribution in [0.1, 0.15) is 21.8 Å². The van der Waals surface area contributed by atoms with E-state index in [4.69, 9.17) is 8.85 Å². The van der Waals surface area contributed by atoms with Crippen molar-refractivity contribution < 1.29 is 13.6 Å². The van der Waals surface area contributed by atoms with Crippen LogP contribution in [0.15, 0.2) is 24.8 Å². The van der Waals surface area contributed by atoms with Crippen molar-refractivity contribution in [1.82, 2.24) is 4.90 Å². The Balaban J connectivity index is -0.0000000806. The first-order valence-corrected chi connectivity index (χ1v) is 14.1. The molecule has 148 valence electrons. The molecule has 0 spiro atoms. The van der Waals surface area contributed by atoms with Gasteiger partial charge >= 0.3 is 5.97 Å². The molecule has 0 aromatic heterocycles. The molecule has 0 radical (unpaired) electrons. The van der Waals surface area contributed by atoms with Gasteiger partial charge in [-0.2, -0.15) is 0 Å². The van der Waals surface area contributed by atoms with Gasteiger partial charge in [-0.1, -0.05) is 43.4 Å². The smallest absolute Gasteiger partial charge is 0.333 e. The summed E-state index contributed by atoms with van der Waals surface area (Å²) in [5, 5.41) is 0.896. The molecule has 0 aromatic carbocycles. The Morgan fingerprint density at radius 2 is 1.54 bits per heavy atom. The van der Waals surface area contributed by atoms with Gasteiger partial charge in [0.1, 0.15) is 6.61 Å². The van der Waals surface area contributed by atoms with E-state index in [1.165, 1.54) is 0 Å². The number of nitrogens with zero attached hydrogens (tertiary/aromatic N) is 1. The lowest BCUT2D eigenvalue weighted by molar-refractivity contribution is -0.139. The lowest BCUT2D eigenvalue weighted by Gasteiger charge is -2.09. The summed E-state index contributed by atoms with van der Waals surface area (Å²) in [6, 6.07) is 0. The molecule has 0 saturated carbocycles. The third-order valence-electron chi connectivity index (χ3n) is 1.77. The van der Waals surface area contributed by atoms with Gasteiger partial charge < -0.3 is 13.8 Å². The minimum Gasteiger partial charge on any atom is -0.461 e. The molecule has 0 atom stereocenters. The zero-order valence-corrected chi connectivity index (χ0v) is 19.2. The van der Waals surface area contributed by atoms with Gasteiger partial charge in [0.25, 0.3) is 0 Å². The molecule has 0 aliphatic heterocycles. The van der Waals surface area contributed by atoms with E-state index >= 15 is 0 Å². The van der Waals surface area contributed by atoms with Crippen LogP contribution in [0.4, 0.5) is 0 Å². The first-order valence-electron chi connectivity index (χ1n) is 7.38. The van der Waals surface area contributed by atoms with Crippen molar-refractivity contribution in [3.63, 3.8) is 0 Å². The number of esters is 1. The molecule has 0 bridgehead atoms. The SMILES string of the molecule is C.C.C=C(C)C(=O)OCCN(C)C.C=CCBr.C[SiH](C)O[SiH](C)C. The highest BCUT2D eigenvalue weighted by Gasteiger charge is 2.01. The van der Waals surface area contributed by atoms with Gasteiger partial charge in [-0.3, -0.25) is 0 Å². The molecule has 0 fully saturated rings. The Kier molecular flexibility index (Phi) is 36.5. The van der Waals surface area contributed by atoms with E-state index in [1.54, 1.807) is 13.0 Å². The Labute approximate surface area is 163 Å². The van der Waals surface area contributed by atoms with Crippen LogP contribution in [-0.2, 0) is 13.6 Å². The van der Waals surface area contributed by atoms with Gasteiger partial charge in [-0.25, -0.2) is 4.79 Å². The van der Waals surface area contributed by atoms with Crippen molar-refractivity contribution in [2.45, 2.75) is 48.0 Å². The molecule has 0 aliphatic rings. The molecule has 0 saturated heterocycles. The maximum atomic E-state index is 10.8. The third-order valence-corrected chi connectivity index (χ3v) is 6.59. The third kappa shape index (κ3) is 43.1. The first kappa shape index (κ1) is 35.0. The highest BCUT2D eigenvalue weighted by molar-refractivity contribution is 9.09. The number of rotatable bonds is 7. The Morgan fingerprint density at radius 1 is 1.17 bits per heavy atom. The monoisotopic (exact) mass is 443 g/mol. The first-order chi connectivity index (χ1) is 10.1. The molecule has 24 heavy (non-hydrogen) atoms. The Hall–Kier alpha value is -0.216. The van der Waals surface area contributed by atoms with Crippen LogP contribution in [0.5, 0.6) is 0 Å². The van der Waals surface area contributed by atoms with Crippen LogP contribution >= 0.6 is 15.9 Å². The number of hydrogen-bond donors (Lipinski definition) is 0. The average Bonchev–Trinajstić information content (AvgIpc) is 2.37. The predicted molar refractivity (Wildman–Crippen MR) is 121 cm³/mol. The lowest BCUT2D eigenvalue weighted by Crippen LogP contribution is -2.20. The molecule has 0 heterocycles. The number of alkyl halides is 1. The maximum absolute atomic E-state index is 10.8. The highest BCUT2D eigenvalue weighted by Crippen LogP contribution is 1.91. The highest BCUT2D eigenvalue weighted by atomic mass is 79.9. The quantitative estimate of drug-likeness (QED) is 0.191. The van der Waals surface area contributed by atoms with Crippen molar-refractivity contribution in [2.24, 2.45) is 0 Å². The van der Waals surface area contributed by atoms with E-state index in [0.29, 0.717) is 12.2 Å². The standard InChI is InChI=1S/C8H15NO2.C4H14OSi2.C3H5Br.2CH4/c1-7(2)8(10)11-6-5-9(3)4;1-6(2)5-7(3)4;1-2-3-4;;/h1,5-6H2,2-4H3;6-7H,1-4H3;2H,1,3H2;2*1H4. The van der Waals surface area contributed by atoms with Crippen LogP contribution in [0.3, 0.4) is 0 Å². The zero-order valence-electron chi connectivity index (χ0n) is 15.3. The molecular formula is C17H42BrNO3Si2. The van der Waals surface area contributed by atoms with Crippen molar-refractivity contribution in [2.75, 3.05) is 32.6 Å². The maximum Gasteiger partial charge on any atom is 0.333 e. The van der Waals surface area contributed by atoms with Gasteiger partial charge in [0.2, 0.25) is 0 Å². The normalized spacial score (nSPS) is 8.79. The second kappa shape index (κ2) is 25.0. The van der Waals surface area contributed by atoms with Crippen LogP contribution < -0.4 is 0 Å². The molecule has 0 aliphatic carbocycles. The van der Waals surface area contributed by atoms with Crippen molar-refractivity contribution >= 4 is 40.0 Å². The van der Waals surface area contributed by atoms with E-state index in [2.05, 4.69) is 55.3 Å². The van der Waals surface area contributed by atoms with Gasteiger partial charge in [-0.05, 0) is 47.2 Å². The predicted octanol–water partition coefficient (Wildman–Crippen LogP) is 4.48. The second-order valence-electron chi connectivity index (χ2n) is 5.40. The molecule has 7 heteroatoms. The summed E-state index contributed by atoms with van der Waals surface area (Å²) in [5.74, 6) is -0.313. The van der Waals surface area contributed by atoms with E-state index in [1.807, 2.05) is 19.0 Å². The number of carbonyl (C=O) groups excluding carboxylic acids is 1. The molecule has 4 nitrogen and oxygen atoms in total. The fourth-order valence-electron chi connectivity index (χ4n) is 0.988. The Bertz CT molecular complexity index is 294. The lowest BCUT2D eigenvalue weighted by atomic mass is 10.4. The minimum absolute atomic E-state index is 0. The summed E-state index contributed by atoms with van der Waals surface area (Å²) in [6.07, 6.45) is 1.79. The molecule has 0 aromatic rings. The summed E-state index contributed by atoms with van der Waals surface area (Å²) in [7, 11) is 2.52. The number of likely N-dealkylation sites (N-methyl/N-ethyl adjacent to an activating group) is 1. The molecule has 0 N–H and O–H groups in total. The largest absolute Gasteiger partial charge is 0.461 e. The van der Waals surface area contributed by atoms with E-state index in [0.717, 1.165) is 11.9 Å². The number of ether oxygens (including phenoxy) is 1. The average molecular weight is 445 g/mol. The van der Waals surface area contributed by atoms with E-state index in [9.17, 15) is 4.79 Å². The van der Waals surface area contributed by atoms with E-state index in [-0.39, 0.29) is 20.8 Å². The number of carbonyl (C=O) groups is 1. The number of allylic oxidation sites excluding steroid dienone is 1. The van der Waals surface area contributed by atoms with E-state index < -0.39 is 18.1 Å². The summed E-state index contributed by atoms with van der Waals surface area (Å²) in [6.45, 7) is 18.6. The summed E-state index contributed by atoms with van der Waals surface area (Å²) in [4.78, 5) is 12.7. The minimum atomic E-state index is -0.667. The van der Waals surface area contributed by atoms with Crippen LogP contribution in [0, 0.1) is 0 Å². The van der Waals surface area contributed by atoms with Crippen molar-refractivity contribution in [1.29, 1.82) is 0 Å². The summed E-state index contributed by atoms with van der Waals surface area (Å²) in [5.41, 5.74) is 0.448. The van der Waals surface area contributed by atoms with Gasteiger partial charge in [0.05, 0.1) is 0 Å².